The summed E-state index contributed by atoms with van der Waals surface area (Å²) < 4.78 is 51.0. The van der Waals surface area contributed by atoms with Crippen molar-refractivity contribution in [3.63, 3.8) is 0 Å². The summed E-state index contributed by atoms with van der Waals surface area (Å²) in [6.45, 7) is 3.88. The molecule has 3 rings (SSSR count). The zero-order valence-corrected chi connectivity index (χ0v) is 19.8. The Morgan fingerprint density at radius 3 is 2.26 bits per heavy atom. The molecule has 0 spiro atoms. The van der Waals surface area contributed by atoms with E-state index in [1.165, 1.54) is 26.0 Å². The maximum Gasteiger partial charge on any atom is 0.416 e. The summed E-state index contributed by atoms with van der Waals surface area (Å²) in [6, 6.07) is 12.0. The van der Waals surface area contributed by atoms with Crippen LogP contribution in [0.3, 0.4) is 0 Å². The largest absolute Gasteiger partial charge is 0.478 e. The van der Waals surface area contributed by atoms with Crippen molar-refractivity contribution in [1.82, 2.24) is 14.8 Å². The summed E-state index contributed by atoms with van der Waals surface area (Å²) in [7, 11) is 1.58. The van der Waals surface area contributed by atoms with Gasteiger partial charge in [0, 0.05) is 19.1 Å². The predicted molar refractivity (Wildman–Crippen MR) is 123 cm³/mol. The molecule has 1 heterocycles. The van der Waals surface area contributed by atoms with Crippen LogP contribution in [0.5, 0.6) is 5.75 Å². The van der Waals surface area contributed by atoms with Gasteiger partial charge in [-0.25, -0.2) is 14.5 Å². The minimum atomic E-state index is -4.40. The van der Waals surface area contributed by atoms with Crippen LogP contribution in [0.1, 0.15) is 37.2 Å². The number of hydrogen-bond acceptors (Lipinski definition) is 5. The fraction of sp³-hybridized carbons (Fsp3) is 0.400. The van der Waals surface area contributed by atoms with Crippen molar-refractivity contribution in [1.29, 1.82) is 0 Å². The van der Waals surface area contributed by atoms with Gasteiger partial charge in [0.2, 0.25) is 0 Å². The summed E-state index contributed by atoms with van der Waals surface area (Å²) in [5.74, 6) is 0.518. The van der Waals surface area contributed by atoms with Crippen molar-refractivity contribution in [2.24, 2.45) is 0 Å². The van der Waals surface area contributed by atoms with E-state index in [0.29, 0.717) is 36.7 Å². The van der Waals surface area contributed by atoms with Gasteiger partial charge in [0.1, 0.15) is 11.6 Å². The van der Waals surface area contributed by atoms with Crippen LogP contribution in [0.4, 0.5) is 13.2 Å². The van der Waals surface area contributed by atoms with Gasteiger partial charge in [-0.2, -0.15) is 18.3 Å². The number of aryl methyl sites for hydroxylation is 2. The number of aliphatic carboxylic acids is 1. The molecule has 0 aliphatic heterocycles. The van der Waals surface area contributed by atoms with Gasteiger partial charge < -0.3 is 14.6 Å². The molecule has 188 valence electrons. The molecule has 0 radical (unpaired) electrons. The summed E-state index contributed by atoms with van der Waals surface area (Å²) >= 11 is 0. The van der Waals surface area contributed by atoms with E-state index in [-0.39, 0.29) is 0 Å². The van der Waals surface area contributed by atoms with Crippen LogP contribution in [0.15, 0.2) is 48.5 Å². The van der Waals surface area contributed by atoms with Crippen molar-refractivity contribution < 1.29 is 32.5 Å². The molecule has 10 heteroatoms. The molecule has 1 aromatic heterocycles. The number of ether oxygens (including phenoxy) is 2. The molecule has 0 unspecified atom stereocenters. The fourth-order valence-corrected chi connectivity index (χ4v) is 3.36. The Kier molecular flexibility index (Phi) is 8.16. The summed E-state index contributed by atoms with van der Waals surface area (Å²) in [6.07, 6.45) is -2.28. The molecule has 7 nitrogen and oxygen atoms in total. The number of benzene rings is 2. The SMILES string of the molecule is COCCn1nc(-c2ccc(C(F)(F)F)cc2)nc1CCCc1ccc(OC(C)(C)C(=O)O)cc1. The predicted octanol–water partition coefficient (Wildman–Crippen LogP) is 5.03. The monoisotopic (exact) mass is 491 g/mol. The van der Waals surface area contributed by atoms with Crippen molar-refractivity contribution in [2.75, 3.05) is 13.7 Å². The van der Waals surface area contributed by atoms with E-state index in [1.807, 2.05) is 12.1 Å². The molecule has 0 atom stereocenters. The van der Waals surface area contributed by atoms with Crippen LogP contribution < -0.4 is 4.74 Å². The topological polar surface area (TPSA) is 86.5 Å². The number of nitrogens with zero attached hydrogens (tertiary/aromatic N) is 3. The van der Waals surface area contributed by atoms with Gasteiger partial charge >= 0.3 is 12.1 Å². The Bertz CT molecular complexity index is 1120. The zero-order valence-electron chi connectivity index (χ0n) is 19.8. The zero-order chi connectivity index (χ0) is 25.6. The van der Waals surface area contributed by atoms with Crippen molar-refractivity contribution >= 4 is 5.97 Å². The third kappa shape index (κ3) is 7.05. The van der Waals surface area contributed by atoms with Crippen molar-refractivity contribution in [3.8, 4) is 17.1 Å². The first kappa shape index (κ1) is 26.2. The Hall–Kier alpha value is -3.40. The van der Waals surface area contributed by atoms with E-state index >= 15 is 0 Å². The number of methoxy groups -OCH3 is 1. The Morgan fingerprint density at radius 1 is 1.03 bits per heavy atom. The van der Waals surface area contributed by atoms with Gasteiger partial charge in [-0.05, 0) is 56.5 Å². The first-order valence-electron chi connectivity index (χ1n) is 11.1. The maximum absolute atomic E-state index is 12.9. The third-order valence-corrected chi connectivity index (χ3v) is 5.40. The fourth-order valence-electron chi connectivity index (χ4n) is 3.36. The molecule has 2 aromatic carbocycles. The van der Waals surface area contributed by atoms with Crippen molar-refractivity contribution in [2.45, 2.75) is 51.4 Å². The van der Waals surface area contributed by atoms with E-state index in [1.54, 1.807) is 23.9 Å². The van der Waals surface area contributed by atoms with Crippen LogP contribution >= 0.6 is 0 Å². The number of carboxylic acid groups (broad SMARTS) is 1. The highest BCUT2D eigenvalue weighted by molar-refractivity contribution is 5.76. The van der Waals surface area contributed by atoms with Gasteiger partial charge in [0.25, 0.3) is 0 Å². The Morgan fingerprint density at radius 2 is 1.69 bits per heavy atom. The lowest BCUT2D eigenvalue weighted by molar-refractivity contribution is -0.152. The average molecular weight is 492 g/mol. The molecule has 35 heavy (non-hydrogen) atoms. The maximum atomic E-state index is 12.9. The molecule has 0 aliphatic carbocycles. The minimum absolute atomic E-state index is 0.368. The van der Waals surface area contributed by atoms with Crippen LogP contribution in [0.2, 0.25) is 0 Å². The molecule has 0 amide bonds. The molecule has 3 aromatic rings. The number of carbonyl (C=O) groups is 1. The number of carboxylic acids is 1. The minimum Gasteiger partial charge on any atom is -0.478 e. The quantitative estimate of drug-likeness (QED) is 0.405. The smallest absolute Gasteiger partial charge is 0.416 e. The number of rotatable bonds is 11. The first-order valence-corrected chi connectivity index (χ1v) is 11.1. The van der Waals surface area contributed by atoms with Gasteiger partial charge in [0.05, 0.1) is 18.7 Å². The van der Waals surface area contributed by atoms with Crippen molar-refractivity contribution in [3.05, 3.63) is 65.5 Å². The van der Waals surface area contributed by atoms with Gasteiger partial charge in [0.15, 0.2) is 11.4 Å². The van der Waals surface area contributed by atoms with E-state index in [9.17, 15) is 23.1 Å². The molecule has 0 saturated heterocycles. The van der Waals surface area contributed by atoms with Gasteiger partial charge in [-0.15, -0.1) is 0 Å². The third-order valence-electron chi connectivity index (χ3n) is 5.40. The van der Waals surface area contributed by atoms with E-state index < -0.39 is 23.3 Å². The summed E-state index contributed by atoms with van der Waals surface area (Å²) in [5.41, 5.74) is -0.478. The normalized spacial score (nSPS) is 12.1. The number of halogens is 3. The highest BCUT2D eigenvalue weighted by Gasteiger charge is 2.30. The van der Waals surface area contributed by atoms with E-state index in [4.69, 9.17) is 9.47 Å². The first-order chi connectivity index (χ1) is 16.5. The highest BCUT2D eigenvalue weighted by Crippen LogP contribution is 2.30. The number of alkyl halides is 3. The number of hydrogen-bond donors (Lipinski definition) is 1. The summed E-state index contributed by atoms with van der Waals surface area (Å²) in [5, 5.41) is 13.7. The van der Waals surface area contributed by atoms with Crippen LogP contribution in [0.25, 0.3) is 11.4 Å². The molecule has 1 N–H and O–H groups in total. The lowest BCUT2D eigenvalue weighted by atomic mass is 10.1. The molecular weight excluding hydrogens is 463 g/mol. The number of aromatic nitrogens is 3. The second-order valence-electron chi connectivity index (χ2n) is 8.56. The van der Waals surface area contributed by atoms with Crippen LogP contribution in [-0.2, 0) is 35.1 Å². The lowest BCUT2D eigenvalue weighted by Crippen LogP contribution is -2.37. The second kappa shape index (κ2) is 10.9. The van der Waals surface area contributed by atoms with E-state index in [2.05, 4.69) is 10.1 Å². The molecule has 0 fully saturated rings. The Labute approximate surface area is 201 Å². The Balaban J connectivity index is 1.66. The standard InChI is InChI=1S/C25H28F3N3O4/c1-24(2,23(32)33)35-20-13-7-17(8-14-20)5-4-6-21-29-22(30-31(21)15-16-34-3)18-9-11-19(12-10-18)25(26,27)28/h7-14H,4-6,15-16H2,1-3H3,(H,32,33). The van der Waals surface area contributed by atoms with Crippen LogP contribution in [0, 0.1) is 0 Å². The molecule has 0 saturated carbocycles. The van der Waals surface area contributed by atoms with Crippen LogP contribution in [-0.4, -0.2) is 45.2 Å². The second-order valence-corrected chi connectivity index (χ2v) is 8.56. The van der Waals surface area contributed by atoms with Gasteiger partial charge in [-0.1, -0.05) is 24.3 Å². The summed E-state index contributed by atoms with van der Waals surface area (Å²) in [4.78, 5) is 15.8. The molecular formula is C25H28F3N3O4. The average Bonchev–Trinajstić information content (AvgIpc) is 3.21. The molecule has 0 aliphatic rings. The van der Waals surface area contributed by atoms with Gasteiger partial charge in [-0.3, -0.25) is 0 Å². The highest BCUT2D eigenvalue weighted by atomic mass is 19.4. The lowest BCUT2D eigenvalue weighted by Gasteiger charge is -2.21. The molecule has 0 bridgehead atoms. The van der Waals surface area contributed by atoms with E-state index in [0.717, 1.165) is 36.4 Å².